The highest BCUT2D eigenvalue weighted by Crippen LogP contribution is 2.37. The van der Waals surface area contributed by atoms with Crippen LogP contribution in [0.2, 0.25) is 0 Å². The topological polar surface area (TPSA) is 91.3 Å². The number of carbonyl (C=O) groups excluding carboxylic acids is 1. The van der Waals surface area contributed by atoms with Gasteiger partial charge in [-0.1, -0.05) is 72.2 Å². The van der Waals surface area contributed by atoms with Crippen LogP contribution in [0.5, 0.6) is 5.75 Å². The van der Waals surface area contributed by atoms with E-state index in [2.05, 4.69) is 15.9 Å². The maximum atomic E-state index is 10.7. The second-order valence-corrected chi connectivity index (χ2v) is 10.1. The first-order valence-electron chi connectivity index (χ1n) is 11.5. The van der Waals surface area contributed by atoms with E-state index >= 15 is 0 Å². The number of rotatable bonds is 8. The van der Waals surface area contributed by atoms with Gasteiger partial charge in [-0.3, -0.25) is 4.79 Å². The Hall–Kier alpha value is -2.36. The Morgan fingerprint density at radius 1 is 1.03 bits per heavy atom. The molecule has 1 heterocycles. The summed E-state index contributed by atoms with van der Waals surface area (Å²) in [6, 6.07) is 15.2. The number of carboxylic acids is 1. The Kier molecular flexibility index (Phi) is 10.4. The smallest absolute Gasteiger partial charge is 0.482 e. The molecule has 1 aliphatic rings. The minimum atomic E-state index is -0.991. The molecule has 0 atom stereocenters. The summed E-state index contributed by atoms with van der Waals surface area (Å²) < 4.78 is 22.4. The Morgan fingerprint density at radius 3 is 2.14 bits per heavy atom. The quantitative estimate of drug-likeness (QED) is 0.290. The molecular weight excluding hydrogens is 515 g/mol. The lowest BCUT2D eigenvalue weighted by Gasteiger charge is -2.32. The fourth-order valence-electron chi connectivity index (χ4n) is 3.19. The summed E-state index contributed by atoms with van der Waals surface area (Å²) >= 11 is 3.01. The van der Waals surface area contributed by atoms with Crippen molar-refractivity contribution in [2.45, 2.75) is 65.3 Å². The average Bonchev–Trinajstić information content (AvgIpc) is 3.03. The number of esters is 1. The molecule has 2 aromatic carbocycles. The molecule has 0 saturated carbocycles. The van der Waals surface area contributed by atoms with Crippen LogP contribution in [0.25, 0.3) is 0 Å². The van der Waals surface area contributed by atoms with Crippen molar-refractivity contribution in [2.75, 3.05) is 11.9 Å². The molecule has 0 spiro atoms. The van der Waals surface area contributed by atoms with Crippen LogP contribution in [0.15, 0.2) is 48.5 Å². The van der Waals surface area contributed by atoms with E-state index in [4.69, 9.17) is 23.9 Å². The molecular formula is C26H34BBrO7. The van der Waals surface area contributed by atoms with Crippen molar-refractivity contribution in [3.63, 3.8) is 0 Å². The molecule has 1 aliphatic heterocycles. The lowest BCUT2D eigenvalue weighted by Crippen LogP contribution is -2.41. The molecule has 1 fully saturated rings. The number of benzene rings is 2. The predicted octanol–water partition coefficient (Wildman–Crippen LogP) is 4.70. The molecule has 0 bridgehead atoms. The first-order valence-corrected chi connectivity index (χ1v) is 12.6. The molecule has 0 amide bonds. The van der Waals surface area contributed by atoms with Gasteiger partial charge in [0.05, 0.1) is 11.2 Å². The van der Waals surface area contributed by atoms with Crippen LogP contribution < -0.4 is 10.2 Å². The Morgan fingerprint density at radius 2 is 1.63 bits per heavy atom. The zero-order chi connectivity index (χ0) is 26.2. The van der Waals surface area contributed by atoms with E-state index in [-0.39, 0.29) is 23.8 Å². The SMILES string of the molecule is CC(C)c1cc(B2OC(C)(C)C(C)(C)O2)ccc1OCC(=O)O.O=C(CBr)OCc1ccccc1. The van der Waals surface area contributed by atoms with E-state index in [1.54, 1.807) is 6.07 Å². The van der Waals surface area contributed by atoms with Gasteiger partial charge in [0.25, 0.3) is 0 Å². The third kappa shape index (κ3) is 8.37. The van der Waals surface area contributed by atoms with E-state index in [0.717, 1.165) is 16.6 Å². The minimum Gasteiger partial charge on any atom is -0.482 e. The standard InChI is InChI=1S/C17H25BO5.C9H9BrO2/c1-11(2)13-9-12(7-8-14(13)21-10-15(19)20)18-22-16(3,4)17(5,6)23-18;10-6-9(11)12-7-8-4-2-1-3-5-8/h7-9,11H,10H2,1-6H3,(H,19,20);1-5H,6-7H2. The first-order chi connectivity index (χ1) is 16.4. The highest BCUT2D eigenvalue weighted by atomic mass is 79.9. The molecule has 190 valence electrons. The van der Waals surface area contributed by atoms with Crippen molar-refractivity contribution in [3.8, 4) is 5.75 Å². The number of hydrogen-bond donors (Lipinski definition) is 1. The summed E-state index contributed by atoms with van der Waals surface area (Å²) in [6.45, 7) is 12.1. The number of carboxylic acid groups (broad SMARTS) is 1. The average molecular weight is 549 g/mol. The van der Waals surface area contributed by atoms with Crippen LogP contribution in [-0.4, -0.2) is 47.3 Å². The van der Waals surface area contributed by atoms with Crippen molar-refractivity contribution < 1.29 is 33.5 Å². The van der Waals surface area contributed by atoms with Crippen molar-refractivity contribution in [3.05, 3.63) is 59.7 Å². The molecule has 35 heavy (non-hydrogen) atoms. The van der Waals surface area contributed by atoms with Crippen LogP contribution in [0.1, 0.15) is 58.6 Å². The van der Waals surface area contributed by atoms with Crippen molar-refractivity contribution in [1.82, 2.24) is 0 Å². The summed E-state index contributed by atoms with van der Waals surface area (Å²) in [6.07, 6.45) is 0. The first kappa shape index (κ1) is 28.9. The Balaban J connectivity index is 0.000000303. The third-order valence-electron chi connectivity index (χ3n) is 5.88. The molecule has 7 nitrogen and oxygen atoms in total. The molecule has 3 rings (SSSR count). The zero-order valence-electron chi connectivity index (χ0n) is 21.2. The predicted molar refractivity (Wildman–Crippen MR) is 139 cm³/mol. The van der Waals surface area contributed by atoms with Crippen LogP contribution in [0.3, 0.4) is 0 Å². The lowest BCUT2D eigenvalue weighted by molar-refractivity contribution is -0.141. The molecule has 1 saturated heterocycles. The monoisotopic (exact) mass is 548 g/mol. The van der Waals surface area contributed by atoms with E-state index in [9.17, 15) is 9.59 Å². The van der Waals surface area contributed by atoms with Crippen LogP contribution in [0, 0.1) is 0 Å². The van der Waals surface area contributed by atoms with Gasteiger partial charge in [-0.05, 0) is 56.3 Å². The highest BCUT2D eigenvalue weighted by molar-refractivity contribution is 9.09. The largest absolute Gasteiger partial charge is 0.494 e. The molecule has 0 aromatic heterocycles. The van der Waals surface area contributed by atoms with E-state index in [0.29, 0.717) is 12.4 Å². The van der Waals surface area contributed by atoms with Crippen molar-refractivity contribution >= 4 is 40.4 Å². The van der Waals surface area contributed by atoms with Crippen LogP contribution in [-0.2, 0) is 30.2 Å². The molecule has 9 heteroatoms. The molecule has 0 radical (unpaired) electrons. The van der Waals surface area contributed by atoms with Gasteiger partial charge >= 0.3 is 19.1 Å². The van der Waals surface area contributed by atoms with E-state index in [1.807, 2.05) is 84.0 Å². The number of carbonyl (C=O) groups is 2. The van der Waals surface area contributed by atoms with E-state index in [1.165, 1.54) is 0 Å². The minimum absolute atomic E-state index is 0.196. The summed E-state index contributed by atoms with van der Waals surface area (Å²) in [5, 5.41) is 9.03. The molecule has 1 N–H and O–H groups in total. The number of halogens is 1. The summed E-state index contributed by atoms with van der Waals surface area (Å²) in [5.41, 5.74) is 2.07. The van der Waals surface area contributed by atoms with Crippen molar-refractivity contribution in [1.29, 1.82) is 0 Å². The van der Waals surface area contributed by atoms with Gasteiger partial charge in [0.1, 0.15) is 17.7 Å². The second kappa shape index (κ2) is 12.6. The second-order valence-electron chi connectivity index (χ2n) is 9.50. The number of hydrogen-bond acceptors (Lipinski definition) is 6. The van der Waals surface area contributed by atoms with Crippen molar-refractivity contribution in [2.24, 2.45) is 0 Å². The van der Waals surface area contributed by atoms with Crippen LogP contribution >= 0.6 is 15.9 Å². The van der Waals surface area contributed by atoms with Gasteiger partial charge in [0.15, 0.2) is 6.61 Å². The maximum absolute atomic E-state index is 10.7. The van der Waals surface area contributed by atoms with Gasteiger partial charge in [0.2, 0.25) is 0 Å². The number of ether oxygens (including phenoxy) is 2. The lowest BCUT2D eigenvalue weighted by atomic mass is 9.77. The van der Waals surface area contributed by atoms with Crippen LogP contribution in [0.4, 0.5) is 0 Å². The Bertz CT molecular complexity index is 976. The number of aliphatic carboxylic acids is 1. The Labute approximate surface area is 216 Å². The van der Waals surface area contributed by atoms with Gasteiger partial charge in [-0.15, -0.1) is 0 Å². The summed E-state index contributed by atoms with van der Waals surface area (Å²) in [7, 11) is -0.439. The fourth-order valence-corrected chi connectivity index (χ4v) is 3.35. The molecule has 0 unspecified atom stereocenters. The van der Waals surface area contributed by atoms with Gasteiger partial charge < -0.3 is 23.9 Å². The fraction of sp³-hybridized carbons (Fsp3) is 0.462. The summed E-state index contributed by atoms with van der Waals surface area (Å²) in [4.78, 5) is 21.4. The summed E-state index contributed by atoms with van der Waals surface area (Å²) in [5.74, 6) is -0.447. The normalized spacial score (nSPS) is 15.8. The molecule has 2 aromatic rings. The van der Waals surface area contributed by atoms with E-state index < -0.39 is 24.3 Å². The maximum Gasteiger partial charge on any atom is 0.494 e. The van der Waals surface area contributed by atoms with Gasteiger partial charge in [-0.2, -0.15) is 0 Å². The zero-order valence-corrected chi connectivity index (χ0v) is 22.8. The van der Waals surface area contributed by atoms with Gasteiger partial charge in [0, 0.05) is 0 Å². The third-order valence-corrected chi connectivity index (χ3v) is 6.34. The number of alkyl halides is 1. The molecule has 0 aliphatic carbocycles. The van der Waals surface area contributed by atoms with Gasteiger partial charge in [-0.25, -0.2) is 4.79 Å². The highest BCUT2D eigenvalue weighted by Gasteiger charge is 2.51.